The number of hydrogen-bond acceptors (Lipinski definition) is 4. The molecule has 3 rings (SSSR count). The molecule has 3 fully saturated rings. The van der Waals surface area contributed by atoms with E-state index < -0.39 is 0 Å². The molecule has 5 nitrogen and oxygen atoms in total. The van der Waals surface area contributed by atoms with E-state index in [1.807, 2.05) is 0 Å². The Hall–Kier alpha value is -0.650. The highest BCUT2D eigenvalue weighted by molar-refractivity contribution is 5.82. The molecule has 0 aromatic carbocycles. The van der Waals surface area contributed by atoms with Gasteiger partial charge in [0.25, 0.3) is 0 Å². The zero-order valence-corrected chi connectivity index (χ0v) is 11.6. The molecule has 0 aliphatic carbocycles. The van der Waals surface area contributed by atoms with Crippen molar-refractivity contribution >= 4 is 5.91 Å². The summed E-state index contributed by atoms with van der Waals surface area (Å²) in [4.78, 5) is 14.5. The Balaban J connectivity index is 1.41. The summed E-state index contributed by atoms with van der Waals surface area (Å²) in [6.07, 6.45) is 6.14. The van der Waals surface area contributed by atoms with Gasteiger partial charge >= 0.3 is 0 Å². The van der Waals surface area contributed by atoms with Gasteiger partial charge in [-0.05, 0) is 38.8 Å². The van der Waals surface area contributed by atoms with E-state index in [2.05, 4.69) is 15.5 Å². The summed E-state index contributed by atoms with van der Waals surface area (Å²) in [6, 6.07) is 0.642. The SMILES string of the molecule is O=C(NCC1CN2CCCCC2CO1)C1CCCN1. The molecule has 19 heavy (non-hydrogen) atoms. The zero-order valence-electron chi connectivity index (χ0n) is 11.6. The van der Waals surface area contributed by atoms with E-state index in [0.29, 0.717) is 12.6 Å². The van der Waals surface area contributed by atoms with Crippen molar-refractivity contribution in [1.29, 1.82) is 0 Å². The van der Waals surface area contributed by atoms with Crippen LogP contribution in [0, 0.1) is 0 Å². The summed E-state index contributed by atoms with van der Waals surface area (Å²) in [7, 11) is 0. The Labute approximate surface area is 115 Å². The van der Waals surface area contributed by atoms with Gasteiger partial charge in [0, 0.05) is 19.1 Å². The van der Waals surface area contributed by atoms with Gasteiger partial charge in [0.15, 0.2) is 0 Å². The van der Waals surface area contributed by atoms with E-state index in [0.717, 1.165) is 32.5 Å². The maximum atomic E-state index is 11.9. The van der Waals surface area contributed by atoms with Gasteiger partial charge in [0.1, 0.15) is 0 Å². The van der Waals surface area contributed by atoms with Gasteiger partial charge in [-0.2, -0.15) is 0 Å². The van der Waals surface area contributed by atoms with Gasteiger partial charge < -0.3 is 15.4 Å². The van der Waals surface area contributed by atoms with Crippen molar-refractivity contribution < 1.29 is 9.53 Å². The number of piperidine rings is 1. The molecule has 0 radical (unpaired) electrons. The second kappa shape index (κ2) is 6.20. The lowest BCUT2D eigenvalue weighted by Gasteiger charge is -2.42. The Morgan fingerprint density at radius 3 is 3.11 bits per heavy atom. The number of carbonyl (C=O) groups is 1. The third-order valence-electron chi connectivity index (χ3n) is 4.59. The molecule has 2 N–H and O–H groups in total. The number of nitrogens with zero attached hydrogens (tertiary/aromatic N) is 1. The van der Waals surface area contributed by atoms with Gasteiger partial charge in [-0.15, -0.1) is 0 Å². The van der Waals surface area contributed by atoms with Crippen molar-refractivity contribution in [2.75, 3.05) is 32.8 Å². The molecule has 0 aromatic rings. The third-order valence-corrected chi connectivity index (χ3v) is 4.59. The van der Waals surface area contributed by atoms with Crippen molar-refractivity contribution in [1.82, 2.24) is 15.5 Å². The number of rotatable bonds is 3. The Morgan fingerprint density at radius 1 is 1.32 bits per heavy atom. The number of morpholine rings is 1. The van der Waals surface area contributed by atoms with E-state index in [9.17, 15) is 4.79 Å². The van der Waals surface area contributed by atoms with Crippen LogP contribution in [-0.2, 0) is 9.53 Å². The highest BCUT2D eigenvalue weighted by Gasteiger charge is 2.31. The number of hydrogen-bond donors (Lipinski definition) is 2. The topological polar surface area (TPSA) is 53.6 Å². The smallest absolute Gasteiger partial charge is 0.237 e. The molecule has 0 aromatic heterocycles. The standard InChI is InChI=1S/C14H25N3O2/c18-14(13-5-3-6-15-13)16-8-12-9-17-7-2-1-4-11(17)10-19-12/h11-13,15H,1-10H2,(H,16,18). The highest BCUT2D eigenvalue weighted by Crippen LogP contribution is 2.21. The molecular formula is C14H25N3O2. The molecule has 3 saturated heterocycles. The second-order valence-corrected chi connectivity index (χ2v) is 5.99. The molecule has 1 amide bonds. The fraction of sp³-hybridized carbons (Fsp3) is 0.929. The normalized spacial score (nSPS) is 35.9. The molecule has 3 unspecified atom stereocenters. The number of nitrogens with one attached hydrogen (secondary N) is 2. The van der Waals surface area contributed by atoms with Gasteiger partial charge in [-0.1, -0.05) is 6.42 Å². The van der Waals surface area contributed by atoms with E-state index in [4.69, 9.17) is 4.74 Å². The quantitative estimate of drug-likeness (QED) is 0.762. The van der Waals surface area contributed by atoms with Crippen LogP contribution in [0.3, 0.4) is 0 Å². The summed E-state index contributed by atoms with van der Waals surface area (Å²) in [5.74, 6) is 0.141. The Bertz CT molecular complexity index is 318. The molecule has 3 aliphatic heterocycles. The van der Waals surface area contributed by atoms with Gasteiger partial charge in [-0.3, -0.25) is 9.69 Å². The molecule has 0 saturated carbocycles. The average molecular weight is 267 g/mol. The first-order valence-electron chi connectivity index (χ1n) is 7.69. The predicted octanol–water partition coefficient (Wildman–Crippen LogP) is 0.108. The number of fused-ring (bicyclic) bond motifs is 1. The van der Waals surface area contributed by atoms with Crippen LogP contribution in [0.4, 0.5) is 0 Å². The molecule has 3 heterocycles. The summed E-state index contributed by atoms with van der Waals surface area (Å²) >= 11 is 0. The molecule has 3 atom stereocenters. The number of amides is 1. The second-order valence-electron chi connectivity index (χ2n) is 5.99. The molecule has 5 heteroatoms. The van der Waals surface area contributed by atoms with Crippen molar-refractivity contribution in [3.05, 3.63) is 0 Å². The van der Waals surface area contributed by atoms with Gasteiger partial charge in [0.05, 0.1) is 18.8 Å². The summed E-state index contributed by atoms with van der Waals surface area (Å²) in [5.41, 5.74) is 0. The third kappa shape index (κ3) is 3.27. The first-order valence-corrected chi connectivity index (χ1v) is 7.69. The van der Waals surface area contributed by atoms with Crippen LogP contribution in [0.5, 0.6) is 0 Å². The molecular weight excluding hydrogens is 242 g/mol. The van der Waals surface area contributed by atoms with E-state index >= 15 is 0 Å². The van der Waals surface area contributed by atoms with Crippen LogP contribution in [0.15, 0.2) is 0 Å². The first kappa shape index (κ1) is 13.3. The van der Waals surface area contributed by atoms with E-state index in [-0.39, 0.29) is 18.1 Å². The van der Waals surface area contributed by atoms with Crippen molar-refractivity contribution in [2.45, 2.75) is 50.3 Å². The molecule has 3 aliphatic rings. The lowest BCUT2D eigenvalue weighted by Crippen LogP contribution is -2.55. The molecule has 0 bridgehead atoms. The lowest BCUT2D eigenvalue weighted by molar-refractivity contribution is -0.124. The van der Waals surface area contributed by atoms with Crippen molar-refractivity contribution in [3.63, 3.8) is 0 Å². The largest absolute Gasteiger partial charge is 0.373 e. The highest BCUT2D eigenvalue weighted by atomic mass is 16.5. The minimum atomic E-state index is 0.0197. The molecule has 0 spiro atoms. The fourth-order valence-corrected chi connectivity index (χ4v) is 3.42. The van der Waals surface area contributed by atoms with Crippen LogP contribution in [0.2, 0.25) is 0 Å². The number of ether oxygens (including phenoxy) is 1. The van der Waals surface area contributed by atoms with E-state index in [1.165, 1.54) is 25.8 Å². The maximum absolute atomic E-state index is 11.9. The predicted molar refractivity (Wildman–Crippen MR) is 73.0 cm³/mol. The van der Waals surface area contributed by atoms with Gasteiger partial charge in [0.2, 0.25) is 5.91 Å². The number of carbonyl (C=O) groups excluding carboxylic acids is 1. The van der Waals surface area contributed by atoms with Crippen LogP contribution in [0.25, 0.3) is 0 Å². The first-order chi connectivity index (χ1) is 9.33. The summed E-state index contributed by atoms with van der Waals surface area (Å²) in [5, 5.41) is 6.26. The minimum Gasteiger partial charge on any atom is -0.373 e. The van der Waals surface area contributed by atoms with Crippen molar-refractivity contribution in [2.24, 2.45) is 0 Å². The summed E-state index contributed by atoms with van der Waals surface area (Å²) in [6.45, 7) is 4.63. The van der Waals surface area contributed by atoms with Crippen LogP contribution in [0.1, 0.15) is 32.1 Å². The van der Waals surface area contributed by atoms with Crippen LogP contribution >= 0.6 is 0 Å². The van der Waals surface area contributed by atoms with Gasteiger partial charge in [-0.25, -0.2) is 0 Å². The van der Waals surface area contributed by atoms with Crippen molar-refractivity contribution in [3.8, 4) is 0 Å². The Kier molecular flexibility index (Phi) is 4.35. The minimum absolute atomic E-state index is 0.0197. The average Bonchev–Trinajstić information content (AvgIpc) is 2.99. The van der Waals surface area contributed by atoms with Crippen LogP contribution in [-0.4, -0.2) is 61.8 Å². The molecule has 108 valence electrons. The Morgan fingerprint density at radius 2 is 2.26 bits per heavy atom. The van der Waals surface area contributed by atoms with E-state index in [1.54, 1.807) is 0 Å². The zero-order chi connectivity index (χ0) is 13.1. The maximum Gasteiger partial charge on any atom is 0.237 e. The summed E-state index contributed by atoms with van der Waals surface area (Å²) < 4.78 is 5.88. The monoisotopic (exact) mass is 267 g/mol. The fourth-order valence-electron chi connectivity index (χ4n) is 3.42. The lowest BCUT2D eigenvalue weighted by atomic mass is 10.0. The van der Waals surface area contributed by atoms with Crippen LogP contribution < -0.4 is 10.6 Å².